The molecule has 3 heterocycles. The van der Waals surface area contributed by atoms with Gasteiger partial charge in [0.05, 0.1) is 6.20 Å². The SMILES string of the molecule is CC(Oc1cc(-c2cnn3cccnc23)cnc1N)c1cc(F)ccc1Cl. The first-order chi connectivity index (χ1) is 13.0. The summed E-state index contributed by atoms with van der Waals surface area (Å²) in [5, 5.41) is 4.69. The van der Waals surface area contributed by atoms with Crippen molar-refractivity contribution in [1.29, 1.82) is 0 Å². The smallest absolute Gasteiger partial charge is 0.166 e. The molecule has 0 aliphatic heterocycles. The maximum Gasteiger partial charge on any atom is 0.166 e. The Kier molecular flexibility index (Phi) is 4.37. The predicted octanol–water partition coefficient (Wildman–Crippen LogP) is 4.31. The molecular weight excluding hydrogens is 369 g/mol. The van der Waals surface area contributed by atoms with Gasteiger partial charge in [-0.2, -0.15) is 5.10 Å². The predicted molar refractivity (Wildman–Crippen MR) is 101 cm³/mol. The third-order valence-electron chi connectivity index (χ3n) is 4.17. The summed E-state index contributed by atoms with van der Waals surface area (Å²) >= 11 is 6.16. The third kappa shape index (κ3) is 3.29. The average Bonchev–Trinajstić information content (AvgIpc) is 3.09. The lowest BCUT2D eigenvalue weighted by atomic mass is 10.1. The summed E-state index contributed by atoms with van der Waals surface area (Å²) in [5.74, 6) is 0.209. The fourth-order valence-corrected chi connectivity index (χ4v) is 3.08. The Bertz CT molecular complexity index is 1130. The molecule has 3 aromatic heterocycles. The van der Waals surface area contributed by atoms with Gasteiger partial charge in [0.15, 0.2) is 17.2 Å². The van der Waals surface area contributed by atoms with Crippen molar-refractivity contribution < 1.29 is 9.13 Å². The fraction of sp³-hybridized carbons (Fsp3) is 0.105. The average molecular weight is 384 g/mol. The van der Waals surface area contributed by atoms with Crippen molar-refractivity contribution in [2.24, 2.45) is 0 Å². The van der Waals surface area contributed by atoms with Crippen LogP contribution in [0, 0.1) is 5.82 Å². The molecule has 0 radical (unpaired) electrons. The number of hydrogen-bond acceptors (Lipinski definition) is 5. The van der Waals surface area contributed by atoms with Gasteiger partial charge in [0, 0.05) is 40.3 Å². The van der Waals surface area contributed by atoms with Crippen LogP contribution in [0.2, 0.25) is 5.02 Å². The van der Waals surface area contributed by atoms with E-state index in [1.807, 2.05) is 6.20 Å². The Morgan fingerprint density at radius 1 is 1.22 bits per heavy atom. The summed E-state index contributed by atoms with van der Waals surface area (Å²) in [6.07, 6.45) is 6.31. The Balaban J connectivity index is 1.70. The molecule has 4 rings (SSSR count). The van der Waals surface area contributed by atoms with E-state index in [-0.39, 0.29) is 11.6 Å². The second kappa shape index (κ2) is 6.85. The van der Waals surface area contributed by atoms with Crippen molar-refractivity contribution >= 4 is 23.1 Å². The van der Waals surface area contributed by atoms with Gasteiger partial charge in [0.1, 0.15) is 11.9 Å². The quantitative estimate of drug-likeness (QED) is 0.568. The van der Waals surface area contributed by atoms with E-state index in [4.69, 9.17) is 22.1 Å². The normalized spacial score (nSPS) is 12.3. The van der Waals surface area contributed by atoms with Crippen molar-refractivity contribution in [2.45, 2.75) is 13.0 Å². The minimum Gasteiger partial charge on any atom is -0.482 e. The molecule has 0 aliphatic rings. The maximum atomic E-state index is 13.6. The summed E-state index contributed by atoms with van der Waals surface area (Å²) in [7, 11) is 0. The number of pyridine rings is 1. The number of ether oxygens (including phenoxy) is 1. The molecule has 0 aliphatic carbocycles. The Labute approximate surface area is 159 Å². The van der Waals surface area contributed by atoms with Crippen LogP contribution < -0.4 is 10.5 Å². The number of benzene rings is 1. The first-order valence-corrected chi connectivity index (χ1v) is 8.56. The highest BCUT2D eigenvalue weighted by Gasteiger charge is 2.16. The molecule has 0 amide bonds. The van der Waals surface area contributed by atoms with Crippen molar-refractivity contribution in [1.82, 2.24) is 19.6 Å². The minimum atomic E-state index is -0.519. The van der Waals surface area contributed by atoms with E-state index in [0.717, 1.165) is 11.1 Å². The lowest BCUT2D eigenvalue weighted by Gasteiger charge is -2.18. The van der Waals surface area contributed by atoms with E-state index in [0.29, 0.717) is 22.0 Å². The molecule has 1 unspecified atom stereocenters. The topological polar surface area (TPSA) is 78.3 Å². The van der Waals surface area contributed by atoms with Crippen molar-refractivity contribution in [2.75, 3.05) is 5.73 Å². The fourth-order valence-electron chi connectivity index (χ4n) is 2.81. The Morgan fingerprint density at radius 3 is 2.93 bits per heavy atom. The van der Waals surface area contributed by atoms with Gasteiger partial charge in [0.2, 0.25) is 0 Å². The first kappa shape index (κ1) is 17.2. The van der Waals surface area contributed by atoms with Crippen molar-refractivity contribution in [3.63, 3.8) is 0 Å². The number of nitrogens with two attached hydrogens (primary N) is 1. The highest BCUT2D eigenvalue weighted by Crippen LogP contribution is 2.33. The molecule has 8 heteroatoms. The molecule has 2 N–H and O–H groups in total. The molecule has 1 atom stereocenters. The maximum absolute atomic E-state index is 13.6. The highest BCUT2D eigenvalue weighted by atomic mass is 35.5. The van der Waals surface area contributed by atoms with E-state index in [1.165, 1.54) is 18.2 Å². The molecule has 4 aromatic rings. The van der Waals surface area contributed by atoms with Crippen LogP contribution in [-0.2, 0) is 0 Å². The van der Waals surface area contributed by atoms with Gasteiger partial charge >= 0.3 is 0 Å². The van der Waals surface area contributed by atoms with Crippen LogP contribution in [0.5, 0.6) is 5.75 Å². The summed E-state index contributed by atoms with van der Waals surface area (Å²) in [6, 6.07) is 7.69. The van der Waals surface area contributed by atoms with Crippen molar-refractivity contribution in [3.8, 4) is 16.9 Å². The zero-order valence-electron chi connectivity index (χ0n) is 14.3. The number of rotatable bonds is 4. The third-order valence-corrected chi connectivity index (χ3v) is 4.52. The van der Waals surface area contributed by atoms with Gasteiger partial charge in [0.25, 0.3) is 0 Å². The zero-order chi connectivity index (χ0) is 19.0. The largest absolute Gasteiger partial charge is 0.482 e. The second-order valence-corrected chi connectivity index (χ2v) is 6.39. The zero-order valence-corrected chi connectivity index (χ0v) is 15.1. The van der Waals surface area contributed by atoms with Crippen LogP contribution in [0.4, 0.5) is 10.2 Å². The van der Waals surface area contributed by atoms with Crippen molar-refractivity contribution in [3.05, 3.63) is 71.5 Å². The van der Waals surface area contributed by atoms with Gasteiger partial charge in [-0.15, -0.1) is 0 Å². The molecule has 27 heavy (non-hydrogen) atoms. The van der Waals surface area contributed by atoms with Crippen LogP contribution in [0.25, 0.3) is 16.8 Å². The monoisotopic (exact) mass is 383 g/mol. The summed E-state index contributed by atoms with van der Waals surface area (Å²) in [6.45, 7) is 1.77. The molecule has 0 saturated heterocycles. The number of nitrogen functional groups attached to an aromatic ring is 1. The molecular formula is C19H15ClFN5O. The molecule has 1 aromatic carbocycles. The molecule has 6 nitrogen and oxygen atoms in total. The van der Waals surface area contributed by atoms with Gasteiger partial charge < -0.3 is 10.5 Å². The Morgan fingerprint density at radius 2 is 2.07 bits per heavy atom. The number of halogens is 2. The van der Waals surface area contributed by atoms with Crippen LogP contribution in [0.1, 0.15) is 18.6 Å². The van der Waals surface area contributed by atoms with Gasteiger partial charge in [-0.1, -0.05) is 11.6 Å². The number of anilines is 1. The number of fused-ring (bicyclic) bond motifs is 1. The minimum absolute atomic E-state index is 0.225. The Hall–Kier alpha value is -3.19. The van der Waals surface area contributed by atoms with E-state index >= 15 is 0 Å². The molecule has 136 valence electrons. The van der Waals surface area contributed by atoms with E-state index in [9.17, 15) is 4.39 Å². The number of hydrogen-bond donors (Lipinski definition) is 1. The summed E-state index contributed by atoms with van der Waals surface area (Å²) in [4.78, 5) is 8.55. The van der Waals surface area contributed by atoms with E-state index < -0.39 is 6.10 Å². The van der Waals surface area contributed by atoms with Crippen LogP contribution in [0.3, 0.4) is 0 Å². The van der Waals surface area contributed by atoms with Gasteiger partial charge in [-0.25, -0.2) is 18.9 Å². The lowest BCUT2D eigenvalue weighted by molar-refractivity contribution is 0.227. The molecule has 0 saturated carbocycles. The van der Waals surface area contributed by atoms with Gasteiger partial charge in [-0.3, -0.25) is 0 Å². The van der Waals surface area contributed by atoms with Crippen LogP contribution in [0.15, 0.2) is 55.1 Å². The number of nitrogens with zero attached hydrogens (tertiary/aromatic N) is 4. The molecule has 0 fully saturated rings. The standard InChI is InChI=1S/C19H15ClFN5O/c1-11(14-8-13(21)3-4-16(14)20)27-17-7-12(9-24-18(17)22)15-10-25-26-6-2-5-23-19(15)26/h2-11H,1H3,(H2,22,24). The summed E-state index contributed by atoms with van der Waals surface area (Å²) < 4.78 is 21.2. The summed E-state index contributed by atoms with van der Waals surface area (Å²) in [5.41, 5.74) is 8.74. The highest BCUT2D eigenvalue weighted by molar-refractivity contribution is 6.31. The number of aromatic nitrogens is 4. The van der Waals surface area contributed by atoms with Gasteiger partial charge in [-0.05, 0) is 37.3 Å². The first-order valence-electron chi connectivity index (χ1n) is 8.19. The van der Waals surface area contributed by atoms with E-state index in [2.05, 4.69) is 15.1 Å². The van der Waals surface area contributed by atoms with Crippen LogP contribution >= 0.6 is 11.6 Å². The van der Waals surface area contributed by atoms with Crippen LogP contribution in [-0.4, -0.2) is 19.6 Å². The second-order valence-electron chi connectivity index (χ2n) is 5.98. The lowest BCUT2D eigenvalue weighted by Crippen LogP contribution is -2.07. The van der Waals surface area contributed by atoms with E-state index in [1.54, 1.807) is 42.2 Å². The molecule has 0 bridgehead atoms. The molecule has 0 spiro atoms.